The second-order valence-electron chi connectivity index (χ2n) is 4.68. The highest BCUT2D eigenvalue weighted by Gasteiger charge is 2.13. The SMILES string of the molecule is CCOc1cc(NC2CCCOCC2)ccc1OC. The van der Waals surface area contributed by atoms with Gasteiger partial charge >= 0.3 is 0 Å². The minimum absolute atomic E-state index is 0.477. The standard InChI is InChI=1S/C15H23NO3/c1-3-19-15-11-13(6-7-14(15)17-2)16-12-5-4-9-18-10-8-12/h6-7,11-12,16H,3-5,8-10H2,1-2H3. The summed E-state index contributed by atoms with van der Waals surface area (Å²) in [6.07, 6.45) is 3.32. The fourth-order valence-electron chi connectivity index (χ4n) is 2.32. The zero-order chi connectivity index (χ0) is 13.5. The molecular weight excluding hydrogens is 242 g/mol. The van der Waals surface area contributed by atoms with E-state index in [1.807, 2.05) is 25.1 Å². The molecule has 106 valence electrons. The highest BCUT2D eigenvalue weighted by Crippen LogP contribution is 2.31. The number of ether oxygens (including phenoxy) is 3. The Morgan fingerprint density at radius 2 is 2.16 bits per heavy atom. The molecule has 1 N–H and O–H groups in total. The summed E-state index contributed by atoms with van der Waals surface area (Å²) in [6, 6.07) is 6.47. The average molecular weight is 265 g/mol. The summed E-state index contributed by atoms with van der Waals surface area (Å²) in [7, 11) is 1.66. The summed E-state index contributed by atoms with van der Waals surface area (Å²) in [5, 5.41) is 3.56. The number of nitrogens with one attached hydrogen (secondary N) is 1. The third kappa shape index (κ3) is 4.03. The Kier molecular flexibility index (Phi) is 5.33. The molecule has 1 aliphatic rings. The van der Waals surface area contributed by atoms with Crippen LogP contribution in [0.1, 0.15) is 26.2 Å². The van der Waals surface area contributed by atoms with E-state index in [0.29, 0.717) is 12.6 Å². The molecule has 1 saturated heterocycles. The molecule has 0 aromatic heterocycles. The number of hydrogen-bond acceptors (Lipinski definition) is 4. The van der Waals surface area contributed by atoms with Gasteiger partial charge in [0, 0.05) is 31.0 Å². The van der Waals surface area contributed by atoms with Gasteiger partial charge in [-0.3, -0.25) is 0 Å². The molecule has 1 fully saturated rings. The summed E-state index contributed by atoms with van der Waals surface area (Å²) in [5.74, 6) is 1.57. The molecule has 0 aliphatic carbocycles. The number of hydrogen-bond donors (Lipinski definition) is 1. The third-order valence-electron chi connectivity index (χ3n) is 3.29. The van der Waals surface area contributed by atoms with Crippen molar-refractivity contribution in [1.82, 2.24) is 0 Å². The molecule has 2 rings (SSSR count). The summed E-state index contributed by atoms with van der Waals surface area (Å²) >= 11 is 0. The first-order valence-corrected chi connectivity index (χ1v) is 6.98. The Morgan fingerprint density at radius 1 is 1.26 bits per heavy atom. The summed E-state index contributed by atoms with van der Waals surface area (Å²) in [5.41, 5.74) is 1.08. The van der Waals surface area contributed by atoms with Crippen LogP contribution in [0, 0.1) is 0 Å². The van der Waals surface area contributed by atoms with E-state index in [1.165, 1.54) is 0 Å². The first-order valence-electron chi connectivity index (χ1n) is 6.98. The lowest BCUT2D eigenvalue weighted by Gasteiger charge is -2.18. The molecule has 1 aromatic carbocycles. The van der Waals surface area contributed by atoms with Crippen LogP contribution < -0.4 is 14.8 Å². The van der Waals surface area contributed by atoms with Gasteiger partial charge in [0.25, 0.3) is 0 Å². The molecule has 1 atom stereocenters. The Bertz CT molecular complexity index is 387. The fraction of sp³-hybridized carbons (Fsp3) is 0.600. The molecule has 19 heavy (non-hydrogen) atoms. The zero-order valence-electron chi connectivity index (χ0n) is 11.8. The molecule has 0 radical (unpaired) electrons. The van der Waals surface area contributed by atoms with Gasteiger partial charge in [0.15, 0.2) is 11.5 Å². The monoisotopic (exact) mass is 265 g/mol. The smallest absolute Gasteiger partial charge is 0.163 e. The topological polar surface area (TPSA) is 39.7 Å². The van der Waals surface area contributed by atoms with E-state index in [2.05, 4.69) is 5.32 Å². The number of benzene rings is 1. The van der Waals surface area contributed by atoms with E-state index in [0.717, 1.165) is 49.7 Å². The molecule has 4 heteroatoms. The minimum atomic E-state index is 0.477. The van der Waals surface area contributed by atoms with Crippen molar-refractivity contribution in [2.24, 2.45) is 0 Å². The van der Waals surface area contributed by atoms with Crippen LogP contribution in [0.15, 0.2) is 18.2 Å². The van der Waals surface area contributed by atoms with E-state index in [1.54, 1.807) is 7.11 Å². The molecule has 1 aromatic rings. The lowest BCUT2D eigenvalue weighted by molar-refractivity contribution is 0.144. The van der Waals surface area contributed by atoms with Crippen LogP contribution in [0.2, 0.25) is 0 Å². The van der Waals surface area contributed by atoms with E-state index < -0.39 is 0 Å². The summed E-state index contributed by atoms with van der Waals surface area (Å²) in [4.78, 5) is 0. The Morgan fingerprint density at radius 3 is 2.95 bits per heavy atom. The van der Waals surface area contributed by atoms with E-state index in [4.69, 9.17) is 14.2 Å². The van der Waals surface area contributed by atoms with Crippen molar-refractivity contribution >= 4 is 5.69 Å². The van der Waals surface area contributed by atoms with Crippen LogP contribution in [-0.2, 0) is 4.74 Å². The van der Waals surface area contributed by atoms with Crippen molar-refractivity contribution in [2.45, 2.75) is 32.2 Å². The molecule has 0 saturated carbocycles. The van der Waals surface area contributed by atoms with Crippen LogP contribution in [0.4, 0.5) is 5.69 Å². The van der Waals surface area contributed by atoms with Gasteiger partial charge in [-0.25, -0.2) is 0 Å². The van der Waals surface area contributed by atoms with Crippen molar-refractivity contribution in [3.8, 4) is 11.5 Å². The highest BCUT2D eigenvalue weighted by molar-refractivity contribution is 5.55. The van der Waals surface area contributed by atoms with Crippen molar-refractivity contribution < 1.29 is 14.2 Å². The molecule has 4 nitrogen and oxygen atoms in total. The maximum Gasteiger partial charge on any atom is 0.163 e. The highest BCUT2D eigenvalue weighted by atomic mass is 16.5. The first-order chi connectivity index (χ1) is 9.33. The molecule has 1 unspecified atom stereocenters. The third-order valence-corrected chi connectivity index (χ3v) is 3.29. The summed E-state index contributed by atoms with van der Waals surface area (Å²) in [6.45, 7) is 4.33. The van der Waals surface area contributed by atoms with Gasteiger partial charge in [-0.15, -0.1) is 0 Å². The molecule has 1 heterocycles. The quantitative estimate of drug-likeness (QED) is 0.888. The van der Waals surface area contributed by atoms with Crippen molar-refractivity contribution in [1.29, 1.82) is 0 Å². The van der Waals surface area contributed by atoms with E-state index >= 15 is 0 Å². The van der Waals surface area contributed by atoms with Crippen LogP contribution in [-0.4, -0.2) is 33.0 Å². The molecule has 0 amide bonds. The summed E-state index contributed by atoms with van der Waals surface area (Å²) < 4.78 is 16.4. The predicted octanol–water partition coefficient (Wildman–Crippen LogP) is 3.07. The second kappa shape index (κ2) is 7.24. The lowest BCUT2D eigenvalue weighted by Crippen LogP contribution is -2.19. The first kappa shape index (κ1) is 14.0. The number of rotatable bonds is 5. The lowest BCUT2D eigenvalue weighted by atomic mass is 10.1. The normalized spacial score (nSPS) is 19.6. The van der Waals surface area contributed by atoms with Crippen molar-refractivity contribution in [3.05, 3.63) is 18.2 Å². The van der Waals surface area contributed by atoms with Gasteiger partial charge in [-0.05, 0) is 38.3 Å². The Hall–Kier alpha value is -1.42. The van der Waals surface area contributed by atoms with Gasteiger partial charge in [0.1, 0.15) is 0 Å². The van der Waals surface area contributed by atoms with Crippen molar-refractivity contribution in [2.75, 3.05) is 32.2 Å². The van der Waals surface area contributed by atoms with Crippen LogP contribution in [0.3, 0.4) is 0 Å². The van der Waals surface area contributed by atoms with Gasteiger partial charge in [-0.2, -0.15) is 0 Å². The predicted molar refractivity (Wildman–Crippen MR) is 76.2 cm³/mol. The maximum atomic E-state index is 5.59. The number of anilines is 1. The Balaban J connectivity index is 2.04. The average Bonchev–Trinajstić information content (AvgIpc) is 2.68. The van der Waals surface area contributed by atoms with Gasteiger partial charge in [-0.1, -0.05) is 0 Å². The maximum absolute atomic E-state index is 5.59. The van der Waals surface area contributed by atoms with Gasteiger partial charge in [0.2, 0.25) is 0 Å². The van der Waals surface area contributed by atoms with Crippen molar-refractivity contribution in [3.63, 3.8) is 0 Å². The van der Waals surface area contributed by atoms with Crippen LogP contribution in [0.25, 0.3) is 0 Å². The van der Waals surface area contributed by atoms with Crippen LogP contribution >= 0.6 is 0 Å². The fourth-order valence-corrected chi connectivity index (χ4v) is 2.32. The largest absolute Gasteiger partial charge is 0.493 e. The molecule has 0 spiro atoms. The number of methoxy groups -OCH3 is 1. The van der Waals surface area contributed by atoms with Gasteiger partial charge < -0.3 is 19.5 Å². The van der Waals surface area contributed by atoms with E-state index in [-0.39, 0.29) is 0 Å². The minimum Gasteiger partial charge on any atom is -0.493 e. The van der Waals surface area contributed by atoms with Gasteiger partial charge in [0.05, 0.1) is 13.7 Å². The zero-order valence-corrected chi connectivity index (χ0v) is 11.8. The molecule has 1 aliphatic heterocycles. The van der Waals surface area contributed by atoms with E-state index in [9.17, 15) is 0 Å². The second-order valence-corrected chi connectivity index (χ2v) is 4.68. The molecule has 0 bridgehead atoms. The molecular formula is C15H23NO3. The Labute approximate surface area is 115 Å². The van der Waals surface area contributed by atoms with Crippen LogP contribution in [0.5, 0.6) is 11.5 Å².